The summed E-state index contributed by atoms with van der Waals surface area (Å²) in [5.41, 5.74) is 9.86. The highest BCUT2D eigenvalue weighted by Crippen LogP contribution is 2.55. The average Bonchev–Trinajstić information content (AvgIpc) is 3.18. The summed E-state index contributed by atoms with van der Waals surface area (Å²) in [6.45, 7) is 12.6. The zero-order valence-electron chi connectivity index (χ0n) is 32.3. The maximum Gasteiger partial charge on any atom is 0.195 e. The zero-order chi connectivity index (χ0) is 38.1. The molecule has 0 fully saturated rings. The lowest BCUT2D eigenvalue weighted by molar-refractivity contribution is 0.104. The van der Waals surface area contributed by atoms with Crippen molar-refractivity contribution in [1.29, 1.82) is 0 Å². The van der Waals surface area contributed by atoms with Crippen molar-refractivity contribution in [3.8, 4) is 34.1 Å². The van der Waals surface area contributed by atoms with Gasteiger partial charge in [-0.25, -0.2) is 0 Å². The summed E-state index contributed by atoms with van der Waals surface area (Å²) in [4.78, 5) is 15.7. The molecule has 3 nitrogen and oxygen atoms in total. The number of ketones is 1. The van der Waals surface area contributed by atoms with Crippen molar-refractivity contribution in [3.63, 3.8) is 0 Å². The molecule has 0 aromatic heterocycles. The SMILES string of the molecule is Cc1cc(C)c(Oc2cc(-c3ccccc3)c3c4c2cc2cccc5c2c4c2c(cc(Oc4c(C)cc(C)cc4C)c4cc6ccccc6c5c42)C3=O)c(C)c1. The van der Waals surface area contributed by atoms with Gasteiger partial charge in [0.25, 0.3) is 0 Å². The van der Waals surface area contributed by atoms with Gasteiger partial charge in [-0.05, 0) is 132 Å². The molecule has 56 heavy (non-hydrogen) atoms. The molecule has 0 unspecified atom stereocenters. The van der Waals surface area contributed by atoms with Crippen LogP contribution in [-0.2, 0) is 0 Å². The third-order valence-corrected chi connectivity index (χ3v) is 12.0. The Balaban J connectivity index is 1.36. The summed E-state index contributed by atoms with van der Waals surface area (Å²) >= 11 is 0. The van der Waals surface area contributed by atoms with Crippen LogP contribution in [0.5, 0.6) is 23.0 Å². The molecular formula is C53H38O3. The van der Waals surface area contributed by atoms with Crippen molar-refractivity contribution in [2.45, 2.75) is 41.5 Å². The molecule has 0 spiro atoms. The molecule has 268 valence electrons. The van der Waals surface area contributed by atoms with Gasteiger partial charge in [-0.1, -0.05) is 108 Å². The van der Waals surface area contributed by atoms with Crippen molar-refractivity contribution in [1.82, 2.24) is 0 Å². The van der Waals surface area contributed by atoms with Gasteiger partial charge in [-0.3, -0.25) is 4.79 Å². The highest BCUT2D eigenvalue weighted by molar-refractivity contribution is 6.49. The van der Waals surface area contributed by atoms with E-state index in [2.05, 4.69) is 139 Å². The summed E-state index contributed by atoms with van der Waals surface area (Å²) in [6.07, 6.45) is 0. The van der Waals surface area contributed by atoms with Crippen LogP contribution in [0.1, 0.15) is 49.3 Å². The summed E-state index contributed by atoms with van der Waals surface area (Å²) in [5.74, 6) is 3.09. The monoisotopic (exact) mass is 722 g/mol. The van der Waals surface area contributed by atoms with E-state index in [1.165, 1.54) is 11.1 Å². The molecule has 0 bridgehead atoms. The quantitative estimate of drug-likeness (QED) is 0.131. The second-order valence-electron chi connectivity index (χ2n) is 15.9. The van der Waals surface area contributed by atoms with E-state index in [1.54, 1.807) is 0 Å². The summed E-state index contributed by atoms with van der Waals surface area (Å²) in [6, 6.07) is 42.8. The minimum atomic E-state index is -0.00691. The molecule has 10 aromatic carbocycles. The van der Waals surface area contributed by atoms with E-state index in [-0.39, 0.29) is 5.78 Å². The average molecular weight is 723 g/mol. The van der Waals surface area contributed by atoms with Gasteiger partial charge < -0.3 is 9.47 Å². The number of carbonyl (C=O) groups is 1. The van der Waals surface area contributed by atoms with Crippen LogP contribution in [0.3, 0.4) is 0 Å². The smallest absolute Gasteiger partial charge is 0.195 e. The molecule has 1 aliphatic carbocycles. The Hall–Kier alpha value is -6.71. The van der Waals surface area contributed by atoms with Crippen LogP contribution >= 0.6 is 0 Å². The maximum atomic E-state index is 15.7. The van der Waals surface area contributed by atoms with E-state index in [0.29, 0.717) is 16.9 Å². The van der Waals surface area contributed by atoms with Crippen LogP contribution in [0.2, 0.25) is 0 Å². The Morgan fingerprint density at radius 2 is 0.929 bits per heavy atom. The Morgan fingerprint density at radius 3 is 1.59 bits per heavy atom. The van der Waals surface area contributed by atoms with Gasteiger partial charge >= 0.3 is 0 Å². The van der Waals surface area contributed by atoms with E-state index < -0.39 is 0 Å². The van der Waals surface area contributed by atoms with Crippen molar-refractivity contribution in [3.05, 3.63) is 166 Å². The molecule has 0 saturated carbocycles. The largest absolute Gasteiger partial charge is 0.456 e. The lowest BCUT2D eigenvalue weighted by Crippen LogP contribution is -2.12. The van der Waals surface area contributed by atoms with Crippen LogP contribution in [0, 0.1) is 41.5 Å². The molecule has 0 radical (unpaired) electrons. The first kappa shape index (κ1) is 32.7. The van der Waals surface area contributed by atoms with Crippen LogP contribution in [0.25, 0.3) is 75.8 Å². The Labute approximate surface area is 325 Å². The third-order valence-electron chi connectivity index (χ3n) is 12.0. The van der Waals surface area contributed by atoms with E-state index in [9.17, 15) is 0 Å². The molecule has 0 heterocycles. The fourth-order valence-corrected chi connectivity index (χ4v) is 9.98. The van der Waals surface area contributed by atoms with Crippen LogP contribution in [0.4, 0.5) is 0 Å². The summed E-state index contributed by atoms with van der Waals surface area (Å²) in [5, 5.41) is 12.9. The van der Waals surface area contributed by atoms with Gasteiger partial charge in [0.1, 0.15) is 23.0 Å². The molecule has 10 aromatic rings. The summed E-state index contributed by atoms with van der Waals surface area (Å²) < 4.78 is 14.1. The van der Waals surface area contributed by atoms with Crippen molar-refractivity contribution in [2.75, 3.05) is 0 Å². The topological polar surface area (TPSA) is 35.5 Å². The fraction of sp³-hybridized carbons (Fsp3) is 0.113. The molecule has 0 N–H and O–H groups in total. The molecule has 1 aliphatic rings. The fourth-order valence-electron chi connectivity index (χ4n) is 9.98. The van der Waals surface area contributed by atoms with E-state index >= 15 is 4.79 Å². The molecule has 3 heteroatoms. The van der Waals surface area contributed by atoms with Crippen molar-refractivity contribution < 1.29 is 14.3 Å². The van der Waals surface area contributed by atoms with Crippen LogP contribution < -0.4 is 9.47 Å². The van der Waals surface area contributed by atoms with Crippen molar-refractivity contribution >= 4 is 70.4 Å². The number of hydrogen-bond acceptors (Lipinski definition) is 3. The lowest BCUT2D eigenvalue weighted by Gasteiger charge is -2.28. The highest BCUT2D eigenvalue weighted by Gasteiger charge is 2.33. The third kappa shape index (κ3) is 4.49. The van der Waals surface area contributed by atoms with E-state index in [1.807, 2.05) is 24.3 Å². The minimum Gasteiger partial charge on any atom is -0.456 e. The standard InChI is InChI=1S/C53H38O3/c1-27-19-29(3)52(30(4)20-27)55-42-25-38(33-13-8-7-9-14-33)49-47-40(42)24-35-16-12-18-37-44(35)50(47)48-41(51(49)54)26-43(56-53-31(5)21-28(2)22-32(53)6)39-23-34-15-10-11-17-36(34)45(37)46(39)48/h7-26H,1-6H3. The zero-order valence-corrected chi connectivity index (χ0v) is 32.3. The van der Waals surface area contributed by atoms with Crippen molar-refractivity contribution in [2.24, 2.45) is 0 Å². The van der Waals surface area contributed by atoms with E-state index in [4.69, 9.17) is 9.47 Å². The number of fused-ring (bicyclic) bond motifs is 3. The Kier molecular flexibility index (Phi) is 6.80. The molecule has 0 aliphatic heterocycles. The first-order valence-corrected chi connectivity index (χ1v) is 19.4. The number of hydrogen-bond donors (Lipinski definition) is 0. The van der Waals surface area contributed by atoms with Gasteiger partial charge in [0.05, 0.1) is 0 Å². The second-order valence-corrected chi connectivity index (χ2v) is 15.9. The molecule has 11 rings (SSSR count). The Morgan fingerprint density at radius 1 is 0.393 bits per heavy atom. The van der Waals surface area contributed by atoms with E-state index in [0.717, 1.165) is 115 Å². The summed E-state index contributed by atoms with van der Waals surface area (Å²) in [7, 11) is 0. The molecule has 0 atom stereocenters. The molecular weight excluding hydrogens is 685 g/mol. The number of carbonyl (C=O) groups excluding carboxylic acids is 1. The minimum absolute atomic E-state index is 0.00691. The Bertz CT molecular complexity index is 3320. The predicted molar refractivity (Wildman–Crippen MR) is 233 cm³/mol. The van der Waals surface area contributed by atoms with Gasteiger partial charge in [-0.2, -0.15) is 0 Å². The van der Waals surface area contributed by atoms with Crippen LogP contribution in [0.15, 0.2) is 121 Å². The predicted octanol–water partition coefficient (Wildman–Crippen LogP) is 14.7. The molecule has 0 amide bonds. The lowest BCUT2D eigenvalue weighted by atomic mass is 9.76. The number of benzene rings is 10. The van der Waals surface area contributed by atoms with Gasteiger partial charge in [0.2, 0.25) is 0 Å². The normalized spacial score (nSPS) is 12.5. The van der Waals surface area contributed by atoms with Gasteiger partial charge in [0, 0.05) is 43.4 Å². The molecule has 0 saturated heterocycles. The highest BCUT2D eigenvalue weighted by atomic mass is 16.5. The maximum absolute atomic E-state index is 15.7. The van der Waals surface area contributed by atoms with Gasteiger partial charge in [-0.15, -0.1) is 0 Å². The second kappa shape index (κ2) is 11.6. The first-order chi connectivity index (χ1) is 27.2. The van der Waals surface area contributed by atoms with Crippen LogP contribution in [-0.4, -0.2) is 5.78 Å². The number of aryl methyl sites for hydroxylation is 6. The number of ether oxygens (including phenoxy) is 2. The van der Waals surface area contributed by atoms with Gasteiger partial charge in [0.15, 0.2) is 5.78 Å². The first-order valence-electron chi connectivity index (χ1n) is 19.4. The number of rotatable bonds is 5.